The molecule has 0 bridgehead atoms. The van der Waals surface area contributed by atoms with Gasteiger partial charge in [0.25, 0.3) is 0 Å². The van der Waals surface area contributed by atoms with Crippen LogP contribution >= 0.6 is 0 Å². The maximum absolute atomic E-state index is 12.1. The fourth-order valence-corrected chi connectivity index (χ4v) is 2.12. The molecule has 17 heavy (non-hydrogen) atoms. The van der Waals surface area contributed by atoms with Gasteiger partial charge >= 0.3 is 6.09 Å². The van der Waals surface area contributed by atoms with E-state index in [-0.39, 0.29) is 18.4 Å². The summed E-state index contributed by atoms with van der Waals surface area (Å²) in [6, 6.07) is 7.79. The molecule has 0 radical (unpaired) electrons. The van der Waals surface area contributed by atoms with E-state index >= 15 is 0 Å². The van der Waals surface area contributed by atoms with Crippen molar-refractivity contribution in [1.29, 1.82) is 0 Å². The maximum Gasteiger partial charge on any atom is 0.407 e. The molecule has 1 aromatic rings. The van der Waals surface area contributed by atoms with Crippen LogP contribution in [0.4, 0.5) is 4.79 Å². The molecule has 1 heterocycles. The number of carbonyl (C=O) groups excluding carboxylic acids is 1. The summed E-state index contributed by atoms with van der Waals surface area (Å²) >= 11 is 0. The van der Waals surface area contributed by atoms with Gasteiger partial charge in [0.2, 0.25) is 0 Å². The molecule has 0 saturated carbocycles. The number of nitrogens with two attached hydrogens (primary N) is 1. The second-order valence-electron chi connectivity index (χ2n) is 4.18. The molecule has 1 fully saturated rings. The van der Waals surface area contributed by atoms with E-state index in [4.69, 9.17) is 10.8 Å². The molecule has 1 amide bonds. The van der Waals surface area contributed by atoms with Crippen LogP contribution in [0, 0.1) is 0 Å². The molecule has 1 aliphatic rings. The van der Waals surface area contributed by atoms with Gasteiger partial charge in [0.1, 0.15) is 6.04 Å². The average Bonchev–Trinajstić information content (AvgIpc) is 2.72. The maximum atomic E-state index is 12.1. The predicted molar refractivity (Wildman–Crippen MR) is 61.9 cm³/mol. The number of rotatable bonds is 2. The van der Waals surface area contributed by atoms with Crippen molar-refractivity contribution in [2.75, 3.05) is 6.54 Å². The van der Waals surface area contributed by atoms with Crippen molar-refractivity contribution >= 4 is 11.9 Å². The highest BCUT2D eigenvalue weighted by molar-refractivity contribution is 6.01. The first-order valence-electron chi connectivity index (χ1n) is 5.44. The Morgan fingerprint density at radius 3 is 2.53 bits per heavy atom. The van der Waals surface area contributed by atoms with E-state index in [0.29, 0.717) is 12.0 Å². The molecule has 3 N–H and O–H groups in total. The van der Waals surface area contributed by atoms with Gasteiger partial charge in [-0.15, -0.1) is 0 Å². The SMILES string of the molecule is N[C@H]1C[C@@H](C(=O)c2ccccc2)N(C(=O)O)C1. The Morgan fingerprint density at radius 2 is 1.94 bits per heavy atom. The van der Waals surface area contributed by atoms with Crippen molar-refractivity contribution in [2.24, 2.45) is 5.73 Å². The number of carboxylic acid groups (broad SMARTS) is 1. The summed E-state index contributed by atoms with van der Waals surface area (Å²) in [5.41, 5.74) is 6.24. The molecule has 90 valence electrons. The van der Waals surface area contributed by atoms with E-state index in [9.17, 15) is 9.59 Å². The van der Waals surface area contributed by atoms with Gasteiger partial charge < -0.3 is 10.8 Å². The molecular formula is C12H14N2O3. The average molecular weight is 234 g/mol. The third kappa shape index (κ3) is 2.29. The van der Waals surface area contributed by atoms with E-state index in [2.05, 4.69) is 0 Å². The molecule has 2 rings (SSSR count). The Labute approximate surface area is 98.8 Å². The van der Waals surface area contributed by atoms with Crippen molar-refractivity contribution in [3.8, 4) is 0 Å². The van der Waals surface area contributed by atoms with E-state index in [0.717, 1.165) is 4.90 Å². The van der Waals surface area contributed by atoms with Crippen molar-refractivity contribution in [3.63, 3.8) is 0 Å². The summed E-state index contributed by atoms with van der Waals surface area (Å²) in [6.07, 6.45) is -0.702. The van der Waals surface area contributed by atoms with Gasteiger partial charge in [-0.25, -0.2) is 4.79 Å². The van der Waals surface area contributed by atoms with E-state index in [1.165, 1.54) is 0 Å². The molecule has 2 atom stereocenters. The molecule has 5 heteroatoms. The van der Waals surface area contributed by atoms with E-state index in [1.54, 1.807) is 24.3 Å². The zero-order valence-electron chi connectivity index (χ0n) is 9.24. The zero-order chi connectivity index (χ0) is 12.4. The second-order valence-corrected chi connectivity index (χ2v) is 4.18. The van der Waals surface area contributed by atoms with Gasteiger partial charge in [-0.3, -0.25) is 9.69 Å². The smallest absolute Gasteiger partial charge is 0.407 e. The Kier molecular flexibility index (Phi) is 3.10. The first kappa shape index (κ1) is 11.6. The lowest BCUT2D eigenvalue weighted by Gasteiger charge is -2.19. The summed E-state index contributed by atoms with van der Waals surface area (Å²) in [5, 5.41) is 9.02. The Hall–Kier alpha value is -1.88. The quantitative estimate of drug-likeness (QED) is 0.746. The van der Waals surface area contributed by atoms with Crippen LogP contribution in [0.1, 0.15) is 16.8 Å². The molecule has 0 aromatic heterocycles. The Bertz CT molecular complexity index is 433. The van der Waals surface area contributed by atoms with Gasteiger partial charge in [-0.1, -0.05) is 30.3 Å². The first-order chi connectivity index (χ1) is 8.09. The van der Waals surface area contributed by atoms with Crippen LogP contribution in [-0.2, 0) is 0 Å². The summed E-state index contributed by atoms with van der Waals surface area (Å²) in [6.45, 7) is 0.221. The highest BCUT2D eigenvalue weighted by atomic mass is 16.4. The topological polar surface area (TPSA) is 83.6 Å². The number of hydrogen-bond donors (Lipinski definition) is 2. The van der Waals surface area contributed by atoms with Crippen LogP contribution < -0.4 is 5.73 Å². The van der Waals surface area contributed by atoms with E-state index in [1.807, 2.05) is 6.07 Å². The molecule has 0 spiro atoms. The van der Waals surface area contributed by atoms with Crippen molar-refractivity contribution in [3.05, 3.63) is 35.9 Å². The number of likely N-dealkylation sites (tertiary alicyclic amines) is 1. The summed E-state index contributed by atoms with van der Waals surface area (Å²) in [7, 11) is 0. The lowest BCUT2D eigenvalue weighted by Crippen LogP contribution is -2.39. The van der Waals surface area contributed by atoms with Gasteiger partial charge in [0.05, 0.1) is 0 Å². The number of nitrogens with zero attached hydrogens (tertiary/aromatic N) is 1. The first-order valence-corrected chi connectivity index (χ1v) is 5.44. The number of benzene rings is 1. The number of Topliss-reactive ketones (excluding diaryl/α,β-unsaturated/α-hetero) is 1. The number of carbonyl (C=O) groups is 2. The van der Waals surface area contributed by atoms with Gasteiger partial charge in [0, 0.05) is 18.2 Å². The Morgan fingerprint density at radius 1 is 1.29 bits per heavy atom. The predicted octanol–water partition coefficient (Wildman–Crippen LogP) is 0.949. The molecular weight excluding hydrogens is 220 g/mol. The van der Waals surface area contributed by atoms with Crippen LogP contribution in [0.3, 0.4) is 0 Å². The molecule has 1 aliphatic heterocycles. The second kappa shape index (κ2) is 4.55. The molecule has 0 aliphatic carbocycles. The summed E-state index contributed by atoms with van der Waals surface area (Å²) in [4.78, 5) is 24.3. The van der Waals surface area contributed by atoms with Crippen LogP contribution in [0.25, 0.3) is 0 Å². The van der Waals surface area contributed by atoms with Gasteiger partial charge in [0.15, 0.2) is 5.78 Å². The van der Waals surface area contributed by atoms with Crippen LogP contribution in [-0.4, -0.2) is 40.5 Å². The minimum Gasteiger partial charge on any atom is -0.465 e. The van der Waals surface area contributed by atoms with Crippen LogP contribution in [0.2, 0.25) is 0 Å². The molecule has 1 saturated heterocycles. The number of hydrogen-bond acceptors (Lipinski definition) is 3. The van der Waals surface area contributed by atoms with E-state index < -0.39 is 12.1 Å². The molecule has 1 aromatic carbocycles. The normalized spacial score (nSPS) is 23.7. The van der Waals surface area contributed by atoms with Gasteiger partial charge in [-0.05, 0) is 6.42 Å². The van der Waals surface area contributed by atoms with Crippen LogP contribution in [0.15, 0.2) is 30.3 Å². The Balaban J connectivity index is 2.22. The van der Waals surface area contributed by atoms with Crippen molar-refractivity contribution < 1.29 is 14.7 Å². The summed E-state index contributed by atoms with van der Waals surface area (Å²) in [5.74, 6) is -0.180. The third-order valence-corrected chi connectivity index (χ3v) is 2.94. The fraction of sp³-hybridized carbons (Fsp3) is 0.333. The fourth-order valence-electron chi connectivity index (χ4n) is 2.12. The molecule has 0 unspecified atom stereocenters. The monoisotopic (exact) mass is 234 g/mol. The van der Waals surface area contributed by atoms with Gasteiger partial charge in [-0.2, -0.15) is 0 Å². The molecule has 5 nitrogen and oxygen atoms in total. The third-order valence-electron chi connectivity index (χ3n) is 2.94. The minimum atomic E-state index is -1.09. The number of amides is 1. The lowest BCUT2D eigenvalue weighted by atomic mass is 10.0. The van der Waals surface area contributed by atoms with Crippen LogP contribution in [0.5, 0.6) is 0 Å². The zero-order valence-corrected chi connectivity index (χ0v) is 9.24. The largest absolute Gasteiger partial charge is 0.465 e. The highest BCUT2D eigenvalue weighted by Crippen LogP contribution is 2.20. The van der Waals surface area contributed by atoms with Crippen molar-refractivity contribution in [2.45, 2.75) is 18.5 Å². The standard InChI is InChI=1S/C12H14N2O3/c13-9-6-10(14(7-9)12(16)17)11(15)8-4-2-1-3-5-8/h1-5,9-10H,6-7,13H2,(H,16,17)/t9-,10-/m0/s1. The summed E-state index contributed by atoms with van der Waals surface area (Å²) < 4.78 is 0. The number of ketones is 1. The van der Waals surface area contributed by atoms with Crippen molar-refractivity contribution in [1.82, 2.24) is 4.90 Å². The highest BCUT2D eigenvalue weighted by Gasteiger charge is 2.38. The minimum absolute atomic E-state index is 0.180. The lowest BCUT2D eigenvalue weighted by molar-refractivity contribution is 0.0845.